The van der Waals surface area contributed by atoms with Crippen LogP contribution in [0.5, 0.6) is 5.75 Å². The van der Waals surface area contributed by atoms with Crippen molar-refractivity contribution < 1.29 is 4.74 Å². The molecule has 0 fully saturated rings. The fourth-order valence-corrected chi connectivity index (χ4v) is 2.54. The van der Waals surface area contributed by atoms with Crippen molar-refractivity contribution in [3.8, 4) is 5.75 Å². The lowest BCUT2D eigenvalue weighted by Crippen LogP contribution is -2.21. The minimum atomic E-state index is 0.465. The van der Waals surface area contributed by atoms with Crippen LogP contribution in [0.15, 0.2) is 42.5 Å². The third kappa shape index (κ3) is 4.75. The topological polar surface area (TPSA) is 21.3 Å². The van der Waals surface area contributed by atoms with E-state index in [1.165, 1.54) is 11.1 Å². The van der Waals surface area contributed by atoms with Gasteiger partial charge in [-0.05, 0) is 41.7 Å². The Balaban J connectivity index is 1.82. The molecule has 0 aliphatic carbocycles. The van der Waals surface area contributed by atoms with Gasteiger partial charge >= 0.3 is 0 Å². The molecule has 2 nitrogen and oxygen atoms in total. The molecule has 1 N–H and O–H groups in total. The Kier molecular flexibility index (Phi) is 6.29. The van der Waals surface area contributed by atoms with Gasteiger partial charge in [-0.2, -0.15) is 0 Å². The zero-order valence-corrected chi connectivity index (χ0v) is 14.3. The summed E-state index contributed by atoms with van der Waals surface area (Å²) in [7, 11) is 0. The van der Waals surface area contributed by atoms with E-state index in [1.807, 2.05) is 24.3 Å². The minimum Gasteiger partial charge on any atom is -0.492 e. The summed E-state index contributed by atoms with van der Waals surface area (Å²) in [5.41, 5.74) is 3.60. The van der Waals surface area contributed by atoms with Crippen LogP contribution < -0.4 is 10.1 Å². The molecule has 0 saturated carbocycles. The Labute approximate surface area is 138 Å². The molecule has 2 aromatic rings. The molecule has 0 aliphatic rings. The number of ether oxygens (including phenoxy) is 1. The van der Waals surface area contributed by atoms with E-state index in [4.69, 9.17) is 16.3 Å². The fraction of sp³-hybridized carbons (Fsp3) is 0.368. The van der Waals surface area contributed by atoms with Crippen LogP contribution in [-0.4, -0.2) is 13.2 Å². The molecule has 0 amide bonds. The highest BCUT2D eigenvalue weighted by Gasteiger charge is 2.07. The summed E-state index contributed by atoms with van der Waals surface area (Å²) in [4.78, 5) is 0. The zero-order valence-electron chi connectivity index (χ0n) is 13.5. The van der Waals surface area contributed by atoms with Gasteiger partial charge in [0.15, 0.2) is 0 Å². The van der Waals surface area contributed by atoms with E-state index in [0.29, 0.717) is 12.5 Å². The van der Waals surface area contributed by atoms with Crippen molar-refractivity contribution in [1.82, 2.24) is 5.32 Å². The maximum Gasteiger partial charge on any atom is 0.123 e. The third-order valence-corrected chi connectivity index (χ3v) is 3.97. The quantitative estimate of drug-likeness (QED) is 0.730. The normalized spacial score (nSPS) is 11.0. The van der Waals surface area contributed by atoms with E-state index >= 15 is 0 Å². The number of nitrogens with one attached hydrogen (secondary N) is 1. The highest BCUT2D eigenvalue weighted by molar-refractivity contribution is 6.31. The van der Waals surface area contributed by atoms with Crippen molar-refractivity contribution in [3.05, 3.63) is 64.2 Å². The molecule has 118 valence electrons. The number of aryl methyl sites for hydroxylation is 1. The van der Waals surface area contributed by atoms with E-state index in [9.17, 15) is 0 Å². The van der Waals surface area contributed by atoms with E-state index in [0.717, 1.165) is 29.4 Å². The van der Waals surface area contributed by atoms with Crippen molar-refractivity contribution in [2.75, 3.05) is 13.2 Å². The van der Waals surface area contributed by atoms with Gasteiger partial charge in [0.25, 0.3) is 0 Å². The molecule has 0 aromatic heterocycles. The second-order valence-corrected chi connectivity index (χ2v) is 6.22. The molecule has 0 atom stereocenters. The number of halogens is 1. The summed E-state index contributed by atoms with van der Waals surface area (Å²) < 4.78 is 5.95. The molecule has 0 bridgehead atoms. The van der Waals surface area contributed by atoms with Gasteiger partial charge in [-0.1, -0.05) is 55.8 Å². The van der Waals surface area contributed by atoms with Crippen molar-refractivity contribution in [2.45, 2.75) is 33.2 Å². The van der Waals surface area contributed by atoms with Crippen LogP contribution in [-0.2, 0) is 6.54 Å². The van der Waals surface area contributed by atoms with Gasteiger partial charge in [0.05, 0.1) is 0 Å². The van der Waals surface area contributed by atoms with Crippen LogP contribution >= 0.6 is 11.6 Å². The highest BCUT2D eigenvalue weighted by atomic mass is 35.5. The molecular weight excluding hydrogens is 294 g/mol. The van der Waals surface area contributed by atoms with Crippen LogP contribution in [0.2, 0.25) is 5.02 Å². The summed E-state index contributed by atoms with van der Waals surface area (Å²) in [6.07, 6.45) is 0. The summed E-state index contributed by atoms with van der Waals surface area (Å²) in [5, 5.41) is 4.17. The first-order valence-electron chi connectivity index (χ1n) is 7.75. The highest BCUT2D eigenvalue weighted by Crippen LogP contribution is 2.27. The zero-order chi connectivity index (χ0) is 15.9. The molecule has 0 aliphatic heterocycles. The van der Waals surface area contributed by atoms with Crippen molar-refractivity contribution in [2.24, 2.45) is 0 Å². The lowest BCUT2D eigenvalue weighted by Gasteiger charge is -2.15. The third-order valence-electron chi connectivity index (χ3n) is 3.60. The predicted octanol–water partition coefficient (Wildman–Crippen LogP) is 4.94. The maximum absolute atomic E-state index is 6.13. The monoisotopic (exact) mass is 317 g/mol. The van der Waals surface area contributed by atoms with E-state index in [2.05, 4.69) is 44.3 Å². The number of hydrogen-bond acceptors (Lipinski definition) is 2. The second kappa shape index (κ2) is 8.21. The standard InChI is InChI=1S/C19H24ClNO/c1-14(2)17-9-8-15(3)12-19(17)22-11-10-21-13-16-6-4-5-7-18(16)20/h4-9,12,14,21H,10-11,13H2,1-3H3. The largest absolute Gasteiger partial charge is 0.492 e. The van der Waals surface area contributed by atoms with Gasteiger partial charge in [-0.15, -0.1) is 0 Å². The van der Waals surface area contributed by atoms with Gasteiger partial charge in [0, 0.05) is 18.1 Å². The number of hydrogen-bond donors (Lipinski definition) is 1. The van der Waals surface area contributed by atoms with Gasteiger partial charge in [-0.25, -0.2) is 0 Å². The second-order valence-electron chi connectivity index (χ2n) is 5.81. The molecule has 0 radical (unpaired) electrons. The molecule has 0 heterocycles. The van der Waals surface area contributed by atoms with Gasteiger partial charge in [0.1, 0.15) is 12.4 Å². The molecule has 0 spiro atoms. The Morgan fingerprint density at radius 1 is 1.14 bits per heavy atom. The predicted molar refractivity (Wildman–Crippen MR) is 93.9 cm³/mol. The molecule has 22 heavy (non-hydrogen) atoms. The lowest BCUT2D eigenvalue weighted by molar-refractivity contribution is 0.309. The molecule has 0 saturated heterocycles. The van der Waals surface area contributed by atoms with Crippen LogP contribution in [0.3, 0.4) is 0 Å². The van der Waals surface area contributed by atoms with Crippen LogP contribution in [0, 0.1) is 6.92 Å². The Hall–Kier alpha value is -1.51. The average molecular weight is 318 g/mol. The van der Waals surface area contributed by atoms with Crippen LogP contribution in [0.4, 0.5) is 0 Å². The van der Waals surface area contributed by atoms with Crippen LogP contribution in [0.1, 0.15) is 36.5 Å². The van der Waals surface area contributed by atoms with Gasteiger partial charge in [0.2, 0.25) is 0 Å². The molecule has 0 unspecified atom stereocenters. The first-order chi connectivity index (χ1) is 10.6. The van der Waals surface area contributed by atoms with E-state index in [-0.39, 0.29) is 0 Å². The summed E-state index contributed by atoms with van der Waals surface area (Å²) in [6.45, 7) is 8.66. The van der Waals surface area contributed by atoms with E-state index in [1.54, 1.807) is 0 Å². The Morgan fingerprint density at radius 2 is 1.91 bits per heavy atom. The van der Waals surface area contributed by atoms with Crippen LogP contribution in [0.25, 0.3) is 0 Å². The summed E-state index contributed by atoms with van der Waals surface area (Å²) >= 11 is 6.13. The summed E-state index contributed by atoms with van der Waals surface area (Å²) in [6, 6.07) is 14.3. The molecule has 2 aromatic carbocycles. The average Bonchev–Trinajstić information content (AvgIpc) is 2.48. The number of benzene rings is 2. The van der Waals surface area contributed by atoms with Crippen molar-refractivity contribution >= 4 is 11.6 Å². The smallest absolute Gasteiger partial charge is 0.123 e. The van der Waals surface area contributed by atoms with Gasteiger partial charge < -0.3 is 10.1 Å². The number of rotatable bonds is 7. The molecule has 2 rings (SSSR count). The SMILES string of the molecule is Cc1ccc(C(C)C)c(OCCNCc2ccccc2Cl)c1. The first kappa shape index (κ1) is 16.9. The van der Waals surface area contributed by atoms with Crippen molar-refractivity contribution in [1.29, 1.82) is 0 Å². The van der Waals surface area contributed by atoms with E-state index < -0.39 is 0 Å². The Morgan fingerprint density at radius 3 is 2.64 bits per heavy atom. The molecule has 3 heteroatoms. The fourth-order valence-electron chi connectivity index (χ4n) is 2.34. The minimum absolute atomic E-state index is 0.465. The van der Waals surface area contributed by atoms with Gasteiger partial charge in [-0.3, -0.25) is 0 Å². The molecular formula is C19H24ClNO. The Bertz CT molecular complexity index is 610. The summed E-state index contributed by atoms with van der Waals surface area (Å²) in [5.74, 6) is 1.46. The lowest BCUT2D eigenvalue weighted by atomic mass is 10.0. The maximum atomic E-state index is 6.13. The van der Waals surface area contributed by atoms with Crippen molar-refractivity contribution in [3.63, 3.8) is 0 Å². The first-order valence-corrected chi connectivity index (χ1v) is 8.13.